The predicted octanol–water partition coefficient (Wildman–Crippen LogP) is 0.182. The Bertz CT molecular complexity index is 169. The lowest BCUT2D eigenvalue weighted by molar-refractivity contribution is -0.449. The van der Waals surface area contributed by atoms with Crippen molar-refractivity contribution in [1.29, 1.82) is 0 Å². The second-order valence-corrected chi connectivity index (χ2v) is 3.99. The van der Waals surface area contributed by atoms with Gasteiger partial charge < -0.3 is 0 Å². The molecule has 0 atom stereocenters. The molecule has 0 bridgehead atoms. The molecule has 1 aliphatic carbocycles. The van der Waals surface area contributed by atoms with Gasteiger partial charge in [0.2, 0.25) is 5.84 Å². The summed E-state index contributed by atoms with van der Waals surface area (Å²) in [5.74, 6) is 1.40. The Kier molecular flexibility index (Phi) is 2.64. The molecule has 0 amide bonds. The fourth-order valence-electron chi connectivity index (χ4n) is 2.21. The van der Waals surface area contributed by atoms with Crippen molar-refractivity contribution < 1.29 is 4.99 Å². The lowest BCUT2D eigenvalue weighted by Gasteiger charge is -2.18. The van der Waals surface area contributed by atoms with Crippen LogP contribution in [-0.4, -0.2) is 18.4 Å². The van der Waals surface area contributed by atoms with Gasteiger partial charge in [0, 0.05) is 0 Å². The minimum Gasteiger partial charge on any atom is -0.279 e. The molecular formula is C10H19N2+. The molecule has 12 heavy (non-hydrogen) atoms. The minimum absolute atomic E-state index is 0.777. The van der Waals surface area contributed by atoms with Crippen molar-refractivity contribution in [2.24, 2.45) is 0 Å². The molecule has 0 aromatic carbocycles. The first-order valence-electron chi connectivity index (χ1n) is 5.31. The molecule has 0 aromatic rings. The monoisotopic (exact) mass is 167 g/mol. The van der Waals surface area contributed by atoms with E-state index in [0.717, 1.165) is 6.04 Å². The van der Waals surface area contributed by atoms with Crippen molar-refractivity contribution >= 4 is 5.84 Å². The van der Waals surface area contributed by atoms with Gasteiger partial charge in [-0.2, -0.15) is 0 Å². The first-order chi connectivity index (χ1) is 5.95. The van der Waals surface area contributed by atoms with Gasteiger partial charge in [-0.3, -0.25) is 10.3 Å². The van der Waals surface area contributed by atoms with Crippen LogP contribution in [0.25, 0.3) is 0 Å². The van der Waals surface area contributed by atoms with Gasteiger partial charge in [0.25, 0.3) is 0 Å². The maximum absolute atomic E-state index is 3.62. The number of rotatable bonds is 1. The van der Waals surface area contributed by atoms with Crippen molar-refractivity contribution in [2.75, 3.05) is 6.54 Å². The molecule has 1 heterocycles. The van der Waals surface area contributed by atoms with Crippen LogP contribution in [0.15, 0.2) is 0 Å². The van der Waals surface area contributed by atoms with Gasteiger partial charge in [0.15, 0.2) is 0 Å². The van der Waals surface area contributed by atoms with E-state index in [2.05, 4.69) is 10.3 Å². The molecule has 1 fully saturated rings. The quantitative estimate of drug-likeness (QED) is 0.572. The summed E-state index contributed by atoms with van der Waals surface area (Å²) >= 11 is 0. The summed E-state index contributed by atoms with van der Waals surface area (Å²) in [7, 11) is 0. The molecule has 1 saturated carbocycles. The smallest absolute Gasteiger partial charge is 0.242 e. The highest BCUT2D eigenvalue weighted by atomic mass is 15.0. The maximum atomic E-state index is 3.62. The molecule has 2 nitrogen and oxygen atoms in total. The van der Waals surface area contributed by atoms with Crippen molar-refractivity contribution in [1.82, 2.24) is 5.32 Å². The third-order valence-corrected chi connectivity index (χ3v) is 2.93. The lowest BCUT2D eigenvalue weighted by Crippen LogP contribution is -2.73. The van der Waals surface area contributed by atoms with E-state index in [1.54, 1.807) is 0 Å². The van der Waals surface area contributed by atoms with Crippen molar-refractivity contribution in [2.45, 2.75) is 51.0 Å². The van der Waals surface area contributed by atoms with Crippen molar-refractivity contribution in [3.05, 3.63) is 0 Å². The van der Waals surface area contributed by atoms with Crippen LogP contribution in [0.3, 0.4) is 0 Å². The summed E-state index contributed by atoms with van der Waals surface area (Å²) in [6.45, 7) is 1.18. The van der Waals surface area contributed by atoms with Gasteiger partial charge in [0.05, 0.1) is 19.0 Å². The first-order valence-corrected chi connectivity index (χ1v) is 5.31. The minimum atomic E-state index is 0.777. The fraction of sp³-hybridized carbons (Fsp3) is 0.900. The summed E-state index contributed by atoms with van der Waals surface area (Å²) in [6.07, 6.45) is 9.61. The Morgan fingerprint density at radius 3 is 2.58 bits per heavy atom. The molecule has 2 rings (SSSR count). The van der Waals surface area contributed by atoms with Gasteiger partial charge in [-0.05, 0) is 32.1 Å². The Labute approximate surface area is 74.5 Å². The number of hydrogen-bond donors (Lipinski definition) is 2. The van der Waals surface area contributed by atoms with Crippen LogP contribution in [0.5, 0.6) is 0 Å². The van der Waals surface area contributed by atoms with E-state index >= 15 is 0 Å². The molecular weight excluding hydrogens is 148 g/mol. The molecule has 0 aromatic heterocycles. The summed E-state index contributed by atoms with van der Waals surface area (Å²) in [6, 6.07) is 0.777. The molecule has 1 aliphatic heterocycles. The highest BCUT2D eigenvalue weighted by Crippen LogP contribution is 2.17. The number of hydrogen-bond acceptors (Lipinski definition) is 1. The van der Waals surface area contributed by atoms with E-state index < -0.39 is 0 Å². The van der Waals surface area contributed by atoms with E-state index in [-0.39, 0.29) is 0 Å². The highest BCUT2D eigenvalue weighted by molar-refractivity contribution is 5.77. The number of nitrogens with one attached hydrogen (secondary N) is 2. The van der Waals surface area contributed by atoms with Gasteiger partial charge >= 0.3 is 0 Å². The zero-order valence-corrected chi connectivity index (χ0v) is 7.73. The maximum Gasteiger partial charge on any atom is 0.242 e. The molecule has 0 radical (unpaired) electrons. The van der Waals surface area contributed by atoms with Gasteiger partial charge in [-0.15, -0.1) is 0 Å². The van der Waals surface area contributed by atoms with Crippen LogP contribution >= 0.6 is 0 Å². The topological polar surface area (TPSA) is 26.0 Å². The molecule has 68 valence electrons. The zero-order chi connectivity index (χ0) is 8.23. The van der Waals surface area contributed by atoms with Crippen LogP contribution in [0.2, 0.25) is 0 Å². The average Bonchev–Trinajstić information content (AvgIpc) is 2.59. The van der Waals surface area contributed by atoms with E-state index in [0.29, 0.717) is 0 Å². The van der Waals surface area contributed by atoms with Crippen molar-refractivity contribution in [3.8, 4) is 0 Å². The van der Waals surface area contributed by atoms with E-state index in [9.17, 15) is 0 Å². The molecule has 2 heteroatoms. The van der Waals surface area contributed by atoms with E-state index in [1.807, 2.05) is 0 Å². The normalized spacial score (nSPS) is 25.5. The van der Waals surface area contributed by atoms with Gasteiger partial charge in [0.1, 0.15) is 0 Å². The second kappa shape index (κ2) is 3.92. The third kappa shape index (κ3) is 1.99. The van der Waals surface area contributed by atoms with Crippen LogP contribution in [0.4, 0.5) is 0 Å². The standard InChI is InChI=1S/C10H18N2/c1-2-5-9(6-3-1)12-10-7-4-8-11-10/h9H,1-8H2,(H,11,12)/p+1. The van der Waals surface area contributed by atoms with Gasteiger partial charge in [-0.1, -0.05) is 6.42 Å². The average molecular weight is 167 g/mol. The molecule has 2 N–H and O–H groups in total. The lowest BCUT2D eigenvalue weighted by atomic mass is 9.95. The highest BCUT2D eigenvalue weighted by Gasteiger charge is 2.20. The largest absolute Gasteiger partial charge is 0.279 e. The molecule has 0 unspecified atom stereocenters. The zero-order valence-electron chi connectivity index (χ0n) is 7.73. The second-order valence-electron chi connectivity index (χ2n) is 3.99. The number of amidine groups is 1. The van der Waals surface area contributed by atoms with Crippen LogP contribution in [-0.2, 0) is 0 Å². The van der Waals surface area contributed by atoms with Crippen LogP contribution in [0.1, 0.15) is 44.9 Å². The summed E-state index contributed by atoms with van der Waals surface area (Å²) in [5.41, 5.74) is 0. The Balaban J connectivity index is 1.77. The van der Waals surface area contributed by atoms with Crippen LogP contribution < -0.4 is 10.3 Å². The summed E-state index contributed by atoms with van der Waals surface area (Å²) in [5, 5.41) is 3.62. The Morgan fingerprint density at radius 2 is 1.92 bits per heavy atom. The predicted molar refractivity (Wildman–Crippen MR) is 50.1 cm³/mol. The van der Waals surface area contributed by atoms with E-state index in [1.165, 1.54) is 57.3 Å². The molecule has 0 saturated heterocycles. The SMILES string of the molecule is C1CCC(NC2=[NH+]CCC2)CC1. The Morgan fingerprint density at radius 1 is 1.08 bits per heavy atom. The summed E-state index contributed by atoms with van der Waals surface area (Å²) in [4.78, 5) is 3.41. The summed E-state index contributed by atoms with van der Waals surface area (Å²) < 4.78 is 0. The van der Waals surface area contributed by atoms with Crippen LogP contribution in [0, 0.1) is 0 Å². The van der Waals surface area contributed by atoms with Gasteiger partial charge in [-0.25, -0.2) is 0 Å². The molecule has 2 aliphatic rings. The third-order valence-electron chi connectivity index (χ3n) is 2.93. The van der Waals surface area contributed by atoms with E-state index in [4.69, 9.17) is 0 Å². The Hall–Kier alpha value is -0.530. The molecule has 0 spiro atoms. The fourth-order valence-corrected chi connectivity index (χ4v) is 2.21. The van der Waals surface area contributed by atoms with Crippen molar-refractivity contribution in [3.63, 3.8) is 0 Å². The first kappa shape index (κ1) is 8.09.